The van der Waals surface area contributed by atoms with E-state index in [1.807, 2.05) is 0 Å². The second-order valence-electron chi connectivity index (χ2n) is 6.55. The van der Waals surface area contributed by atoms with Crippen LogP contribution in [-0.2, 0) is 6.54 Å². The summed E-state index contributed by atoms with van der Waals surface area (Å²) in [5, 5.41) is 20.8. The summed E-state index contributed by atoms with van der Waals surface area (Å²) in [6.45, 7) is 3.73. The molecule has 0 bridgehead atoms. The highest BCUT2D eigenvalue weighted by molar-refractivity contribution is 5.85. The first kappa shape index (κ1) is 20.1. The number of nitro groups is 1. The van der Waals surface area contributed by atoms with Crippen LogP contribution in [0.3, 0.4) is 0 Å². The van der Waals surface area contributed by atoms with Crippen LogP contribution >= 0.6 is 12.4 Å². The second-order valence-corrected chi connectivity index (χ2v) is 6.55. The summed E-state index contributed by atoms with van der Waals surface area (Å²) in [5.74, 6) is 0.259. The molecule has 1 unspecified atom stereocenters. The van der Waals surface area contributed by atoms with E-state index in [1.54, 1.807) is 6.92 Å². The lowest BCUT2D eigenvalue weighted by molar-refractivity contribution is -0.384. The zero-order valence-electron chi connectivity index (χ0n) is 14.2. The highest BCUT2D eigenvalue weighted by Gasteiger charge is 2.24. The molecule has 26 heavy (non-hydrogen) atoms. The van der Waals surface area contributed by atoms with Crippen LogP contribution in [0.1, 0.15) is 25.3 Å². The Hall–Kier alpha value is -2.23. The molecule has 2 heterocycles. The number of piperidine rings is 1. The standard InChI is InChI=1S/C16H20N4O5.ClH/c1-9(21)10-2-4-19(5-3-10)8-11-6-12(20(24)25)7-13-14(11)18-16(23)15(22)17-13;/h6-7,9-10,21H,2-5,8H2,1H3,(H,17,22)(H,18,23);1H. The van der Waals surface area contributed by atoms with Gasteiger partial charge < -0.3 is 15.1 Å². The molecule has 1 aliphatic heterocycles. The van der Waals surface area contributed by atoms with Crippen LogP contribution in [0.2, 0.25) is 0 Å². The number of hydrogen-bond acceptors (Lipinski definition) is 6. The average molecular weight is 385 g/mol. The Kier molecular flexibility index (Phi) is 6.17. The van der Waals surface area contributed by atoms with Gasteiger partial charge in [0.1, 0.15) is 0 Å². The number of halogens is 1. The monoisotopic (exact) mass is 384 g/mol. The highest BCUT2D eigenvalue weighted by Crippen LogP contribution is 2.26. The summed E-state index contributed by atoms with van der Waals surface area (Å²) in [6, 6.07) is 2.67. The molecule has 0 aliphatic carbocycles. The number of aromatic nitrogens is 2. The topological polar surface area (TPSA) is 132 Å². The number of nitrogens with zero attached hydrogens (tertiary/aromatic N) is 2. The number of fused-ring (bicyclic) bond motifs is 1. The maximum atomic E-state index is 11.6. The Morgan fingerprint density at radius 3 is 2.46 bits per heavy atom. The Bertz CT molecular complexity index is 915. The van der Waals surface area contributed by atoms with Crippen LogP contribution in [-0.4, -0.2) is 44.1 Å². The highest BCUT2D eigenvalue weighted by atomic mass is 35.5. The van der Waals surface area contributed by atoms with E-state index in [0.29, 0.717) is 17.6 Å². The molecule has 3 N–H and O–H groups in total. The molecule has 0 spiro atoms. The van der Waals surface area contributed by atoms with E-state index >= 15 is 0 Å². The molecule has 1 atom stereocenters. The number of H-pyrrole nitrogens is 2. The van der Waals surface area contributed by atoms with Crippen molar-refractivity contribution < 1.29 is 10.0 Å². The number of non-ortho nitro benzene ring substituents is 1. The van der Waals surface area contributed by atoms with Crippen LogP contribution in [0.15, 0.2) is 21.7 Å². The number of nitro benzene ring substituents is 1. The van der Waals surface area contributed by atoms with Gasteiger partial charge >= 0.3 is 11.1 Å². The maximum Gasteiger partial charge on any atom is 0.314 e. The minimum absolute atomic E-state index is 0. The fraction of sp³-hybridized carbons (Fsp3) is 0.500. The Labute approximate surface area is 154 Å². The third kappa shape index (κ3) is 4.12. The van der Waals surface area contributed by atoms with Crippen molar-refractivity contribution in [3.05, 3.63) is 48.5 Å². The molecule has 1 aromatic carbocycles. The lowest BCUT2D eigenvalue weighted by Crippen LogP contribution is -2.37. The smallest absolute Gasteiger partial charge is 0.314 e. The van der Waals surface area contributed by atoms with E-state index in [4.69, 9.17) is 0 Å². The van der Waals surface area contributed by atoms with Crippen LogP contribution in [0.25, 0.3) is 11.0 Å². The van der Waals surface area contributed by atoms with Gasteiger partial charge in [-0.2, -0.15) is 0 Å². The van der Waals surface area contributed by atoms with E-state index in [-0.39, 0.29) is 35.6 Å². The minimum atomic E-state index is -0.836. The van der Waals surface area contributed by atoms with Crippen LogP contribution in [0, 0.1) is 16.0 Å². The number of benzene rings is 1. The summed E-state index contributed by atoms with van der Waals surface area (Å²) < 4.78 is 0. The fourth-order valence-corrected chi connectivity index (χ4v) is 3.35. The minimum Gasteiger partial charge on any atom is -0.393 e. The summed E-state index contributed by atoms with van der Waals surface area (Å²) >= 11 is 0. The zero-order chi connectivity index (χ0) is 18.1. The first-order valence-corrected chi connectivity index (χ1v) is 8.19. The van der Waals surface area contributed by atoms with Gasteiger partial charge in [-0.1, -0.05) is 0 Å². The third-order valence-electron chi connectivity index (χ3n) is 4.82. The van der Waals surface area contributed by atoms with Crippen molar-refractivity contribution in [1.82, 2.24) is 14.9 Å². The molecule has 1 saturated heterocycles. The molecule has 10 heteroatoms. The lowest BCUT2D eigenvalue weighted by atomic mass is 9.92. The first-order valence-electron chi connectivity index (χ1n) is 8.19. The van der Waals surface area contributed by atoms with Gasteiger partial charge in [0.25, 0.3) is 5.69 Å². The fourth-order valence-electron chi connectivity index (χ4n) is 3.35. The van der Waals surface area contributed by atoms with Crippen molar-refractivity contribution in [2.75, 3.05) is 13.1 Å². The average Bonchev–Trinajstić information content (AvgIpc) is 2.56. The number of aliphatic hydroxyl groups excluding tert-OH is 1. The van der Waals surface area contributed by atoms with E-state index in [2.05, 4.69) is 14.9 Å². The van der Waals surface area contributed by atoms with Gasteiger partial charge in [-0.3, -0.25) is 24.6 Å². The van der Waals surface area contributed by atoms with Crippen molar-refractivity contribution >= 4 is 29.1 Å². The number of aromatic amines is 2. The largest absolute Gasteiger partial charge is 0.393 e. The van der Waals surface area contributed by atoms with Gasteiger partial charge in [-0.05, 0) is 44.3 Å². The van der Waals surface area contributed by atoms with Gasteiger partial charge in [-0.15, -0.1) is 12.4 Å². The van der Waals surface area contributed by atoms with Crippen LogP contribution in [0.4, 0.5) is 5.69 Å². The molecule has 1 fully saturated rings. The summed E-state index contributed by atoms with van der Waals surface area (Å²) in [7, 11) is 0. The predicted octanol–water partition coefficient (Wildman–Crippen LogP) is 1.14. The normalized spacial score (nSPS) is 17.0. The Morgan fingerprint density at radius 1 is 1.27 bits per heavy atom. The predicted molar refractivity (Wildman–Crippen MR) is 98.8 cm³/mol. The number of nitrogens with one attached hydrogen (secondary N) is 2. The summed E-state index contributed by atoms with van der Waals surface area (Å²) in [5.41, 5.74) is -0.509. The van der Waals surface area contributed by atoms with Crippen molar-refractivity contribution in [2.24, 2.45) is 5.92 Å². The first-order chi connectivity index (χ1) is 11.8. The van der Waals surface area contributed by atoms with E-state index in [1.165, 1.54) is 12.1 Å². The number of rotatable bonds is 4. The van der Waals surface area contributed by atoms with E-state index in [9.17, 15) is 24.8 Å². The van der Waals surface area contributed by atoms with Gasteiger partial charge in [0, 0.05) is 18.7 Å². The van der Waals surface area contributed by atoms with Crippen molar-refractivity contribution in [3.8, 4) is 0 Å². The molecular weight excluding hydrogens is 364 g/mol. The van der Waals surface area contributed by atoms with Crippen LogP contribution in [0.5, 0.6) is 0 Å². The van der Waals surface area contributed by atoms with Gasteiger partial charge in [-0.25, -0.2) is 0 Å². The Balaban J connectivity index is 0.00000243. The van der Waals surface area contributed by atoms with E-state index in [0.717, 1.165) is 25.9 Å². The zero-order valence-corrected chi connectivity index (χ0v) is 15.0. The molecule has 2 aromatic rings. The SMILES string of the molecule is CC(O)C1CCN(Cc2cc([N+](=O)[O-])cc3[nH]c(=O)c(=O)[nH]c23)CC1.Cl. The summed E-state index contributed by atoms with van der Waals surface area (Å²) in [4.78, 5) is 40.8. The molecule has 0 radical (unpaired) electrons. The lowest BCUT2D eigenvalue weighted by Gasteiger charge is -2.33. The van der Waals surface area contributed by atoms with Gasteiger partial charge in [0.05, 0.1) is 22.1 Å². The molecular formula is C16H21ClN4O5. The van der Waals surface area contributed by atoms with Crippen molar-refractivity contribution in [1.29, 1.82) is 0 Å². The molecule has 142 valence electrons. The van der Waals surface area contributed by atoms with Gasteiger partial charge in [0.2, 0.25) is 0 Å². The molecule has 1 aliphatic rings. The molecule has 3 rings (SSSR count). The number of aliphatic hydroxyl groups is 1. The van der Waals surface area contributed by atoms with Gasteiger partial charge in [0.15, 0.2) is 0 Å². The molecule has 0 saturated carbocycles. The van der Waals surface area contributed by atoms with Crippen molar-refractivity contribution in [2.45, 2.75) is 32.4 Å². The third-order valence-corrected chi connectivity index (χ3v) is 4.82. The number of hydrogen-bond donors (Lipinski definition) is 3. The molecule has 1 aromatic heterocycles. The van der Waals surface area contributed by atoms with Crippen molar-refractivity contribution in [3.63, 3.8) is 0 Å². The summed E-state index contributed by atoms with van der Waals surface area (Å²) in [6.07, 6.45) is 1.35. The maximum absolute atomic E-state index is 11.6. The Morgan fingerprint density at radius 2 is 1.88 bits per heavy atom. The van der Waals surface area contributed by atoms with Crippen LogP contribution < -0.4 is 11.1 Å². The van der Waals surface area contributed by atoms with E-state index < -0.39 is 16.0 Å². The molecule has 0 amide bonds. The quantitative estimate of drug-likeness (QED) is 0.411. The second kappa shape index (κ2) is 7.98. The molecule has 9 nitrogen and oxygen atoms in total. The number of likely N-dealkylation sites (tertiary alicyclic amines) is 1.